The average molecular weight is 1790 g/mol. The smallest absolute Gasteiger partial charge is 0.407 e. The molecule has 3 atom stereocenters. The SMILES string of the molecule is CC(=O)OO.CC(C)(C)OC(=O)NCCC(C)(C)c1ccccc1O.CC(C)(CC(N)=O)c1ccccc1O.CC1(C)CC(=O)Oc2ccccc21.CO.COC(=O)C=C(C)C.COC(=O)[C@@H](C)Oc1ccccc1C(C)(C)CCNC(=O)OC(C)(C)C.COC(=O)[C@H](C)O.C[C@H](CO)Oc1ccccc1C(C)(C)CCNC(=O)OC(C)(C)C.N.Oc1ccccc1. The molecule has 127 heavy (non-hydrogen) atoms. The fraction of sp³-hybridized carbons (Fsp3) is 0.510. The molecule has 1 aliphatic heterocycles. The lowest BCUT2D eigenvalue weighted by Crippen LogP contribution is -2.35. The number of phenolic OH excluding ortho intramolecular Hbond substituents is 3. The minimum Gasteiger partial charge on any atom is -0.508 e. The van der Waals surface area contributed by atoms with Crippen LogP contribution in [0.5, 0.6) is 34.5 Å². The van der Waals surface area contributed by atoms with Crippen LogP contribution in [0.1, 0.15) is 233 Å². The van der Waals surface area contributed by atoms with Crippen LogP contribution in [0, 0.1) is 0 Å². The Morgan fingerprint density at radius 1 is 0.496 bits per heavy atom. The van der Waals surface area contributed by atoms with Crippen LogP contribution in [-0.4, -0.2) is 180 Å². The topological polar surface area (TPSA) is 485 Å². The maximum atomic E-state index is 11.8. The molecular weight excluding hydrogens is 1640 g/mol. The Balaban J connectivity index is -0.000000696. The summed E-state index contributed by atoms with van der Waals surface area (Å²) >= 11 is 0. The molecule has 0 aliphatic carbocycles. The van der Waals surface area contributed by atoms with Gasteiger partial charge in [0.05, 0.1) is 34.4 Å². The number of ether oxygens (including phenoxy) is 9. The first-order valence-corrected chi connectivity index (χ1v) is 40.9. The average Bonchev–Trinajstić information content (AvgIpc) is 0.791. The van der Waals surface area contributed by atoms with Crippen LogP contribution < -0.4 is 42.0 Å². The second-order valence-corrected chi connectivity index (χ2v) is 35.0. The fourth-order valence-corrected chi connectivity index (χ4v) is 10.9. The van der Waals surface area contributed by atoms with Gasteiger partial charge < -0.3 is 106 Å². The summed E-state index contributed by atoms with van der Waals surface area (Å²) in [7, 11) is 4.93. The summed E-state index contributed by atoms with van der Waals surface area (Å²) < 4.78 is 45.6. The second-order valence-electron chi connectivity index (χ2n) is 35.0. The van der Waals surface area contributed by atoms with Crippen molar-refractivity contribution in [3.8, 4) is 34.5 Å². The molecular formula is C96H149N5O26. The summed E-state index contributed by atoms with van der Waals surface area (Å²) in [5.41, 5.74) is 8.15. The molecule has 0 aromatic heterocycles. The predicted molar refractivity (Wildman–Crippen MR) is 491 cm³/mol. The van der Waals surface area contributed by atoms with Gasteiger partial charge in [-0.15, -0.1) is 0 Å². The van der Waals surface area contributed by atoms with Gasteiger partial charge >= 0.3 is 48.1 Å². The maximum absolute atomic E-state index is 11.8. The zero-order valence-electron chi connectivity index (χ0n) is 80.3. The summed E-state index contributed by atoms with van der Waals surface area (Å²) in [6, 6.07) is 46.1. The molecule has 0 saturated carbocycles. The minimum absolute atomic E-state index is 0. The van der Waals surface area contributed by atoms with Gasteiger partial charge in [-0.25, -0.2) is 33.6 Å². The lowest BCUT2D eigenvalue weighted by atomic mass is 9.80. The number of aromatic hydroxyl groups is 3. The molecule has 31 nitrogen and oxygen atoms in total. The number of hydrogen-bond acceptors (Lipinski definition) is 27. The van der Waals surface area contributed by atoms with E-state index in [1.165, 1.54) is 34.3 Å². The number of allylic oxidation sites excluding steroid dienone is 1. The van der Waals surface area contributed by atoms with Gasteiger partial charge in [-0.2, -0.15) is 5.26 Å². The third kappa shape index (κ3) is 55.6. The molecule has 1 heterocycles. The molecule has 0 fully saturated rings. The number of para-hydroxylation sites is 6. The molecule has 6 aromatic carbocycles. The van der Waals surface area contributed by atoms with E-state index in [0.717, 1.165) is 59.6 Å². The van der Waals surface area contributed by atoms with E-state index in [1.807, 2.05) is 208 Å². The Morgan fingerprint density at radius 3 is 1.14 bits per heavy atom. The summed E-state index contributed by atoms with van der Waals surface area (Å²) in [6.07, 6.45) is 1.06. The van der Waals surface area contributed by atoms with E-state index in [4.69, 9.17) is 59.5 Å². The van der Waals surface area contributed by atoms with Crippen LogP contribution in [-0.2, 0) is 89.2 Å². The summed E-state index contributed by atoms with van der Waals surface area (Å²) in [5, 5.41) is 68.3. The maximum Gasteiger partial charge on any atom is 0.407 e. The van der Waals surface area contributed by atoms with Gasteiger partial charge in [-0.1, -0.05) is 184 Å². The molecule has 6 aromatic rings. The summed E-state index contributed by atoms with van der Waals surface area (Å²) in [6.45, 7) is 47.9. The highest BCUT2D eigenvalue weighted by Crippen LogP contribution is 2.40. The minimum atomic E-state index is -0.995. The molecule has 7 rings (SSSR count). The number of methoxy groups -OCH3 is 3. The number of nitrogens with two attached hydrogens (primary N) is 1. The van der Waals surface area contributed by atoms with E-state index < -0.39 is 70.6 Å². The van der Waals surface area contributed by atoms with E-state index >= 15 is 0 Å². The number of rotatable bonds is 23. The van der Waals surface area contributed by atoms with Crippen molar-refractivity contribution in [3.05, 3.63) is 191 Å². The fourth-order valence-electron chi connectivity index (χ4n) is 10.9. The lowest BCUT2D eigenvalue weighted by molar-refractivity contribution is -0.231. The number of phenols is 3. The number of fused-ring (bicyclic) bond motifs is 1. The van der Waals surface area contributed by atoms with E-state index in [-0.39, 0.29) is 76.3 Å². The molecule has 0 radical (unpaired) electrons. The van der Waals surface area contributed by atoms with E-state index in [0.29, 0.717) is 56.1 Å². The first-order chi connectivity index (χ1) is 58.2. The Morgan fingerprint density at radius 2 is 0.835 bits per heavy atom. The Hall–Kier alpha value is -11.5. The highest BCUT2D eigenvalue weighted by atomic mass is 17.1. The monoisotopic (exact) mass is 1790 g/mol. The Labute approximate surface area is 752 Å². The van der Waals surface area contributed by atoms with Gasteiger partial charge in [0.1, 0.15) is 63.5 Å². The van der Waals surface area contributed by atoms with Crippen LogP contribution in [0.2, 0.25) is 0 Å². The number of amides is 4. The van der Waals surface area contributed by atoms with Gasteiger partial charge in [0.2, 0.25) is 5.91 Å². The van der Waals surface area contributed by atoms with Crippen LogP contribution in [0.3, 0.4) is 0 Å². The van der Waals surface area contributed by atoms with Gasteiger partial charge in [-0.3, -0.25) is 9.59 Å². The van der Waals surface area contributed by atoms with Crippen molar-refractivity contribution in [1.82, 2.24) is 22.1 Å². The number of alkyl carbamates (subject to hydrolysis) is 3. The first-order valence-electron chi connectivity index (χ1n) is 40.9. The molecule has 0 spiro atoms. The molecule has 0 unspecified atom stereocenters. The standard InChI is InChI=1S/C20H31NO5.C19H31NO4.C16H25NO3.C11H15NO2.C11H12O2.C6H10O2.C6H6O.C4H8O3.C2H4O3.CH4O.H3N/c1-14(17(22)24-7)25-16-11-9-8-10-15(16)20(5,6)12-13-21-18(23)26-19(2,3)4;1-14(13-21)23-16-10-8-7-9-15(16)19(5,6)11-12-20-17(22)24-18(2,3)4;1-15(2,3)20-14(19)17-11-10-16(4,5)12-8-6-7-9-13(12)18;1-11(2,7-10(12)14)8-5-3-4-6-9(8)13;1-11(2)7-10(12)13-9-6-4-3-5-8(9)11;1-5(2)4-6(7)8-3;7-6-4-2-1-3-5-6;1-3(5)4(6)7-2;1-2(3)5-4;1-2;/h8-11,14H,12-13H2,1-7H3,(H,21,23);7-10,14,21H,11-13H2,1-6H3,(H,20,22);6-9,18H,10-11H2,1-5H3,(H,17,19);3-6,13H,7H2,1-2H3,(H2,12,14);3-6H,7H2,1-2H3;4H,1-3H3;1-5,7H;3,5H,1-2H3;4H,1H3;2H,1H3;1H3/t2*14-;;;;;;3-;;;/m11.....0.../s1. The Kier molecular flexibility index (Phi) is 57.7. The third-order valence-corrected chi connectivity index (χ3v) is 17.3. The largest absolute Gasteiger partial charge is 0.508 e. The normalized spacial score (nSPS) is 12.2. The summed E-state index contributed by atoms with van der Waals surface area (Å²) in [5.74, 6) is 0.426. The van der Waals surface area contributed by atoms with Crippen LogP contribution >= 0.6 is 0 Å². The number of benzene rings is 6. The molecule has 4 amide bonds. The first kappa shape index (κ1) is 122. The number of carbonyl (C=O) groups is 9. The van der Waals surface area contributed by atoms with Crippen LogP contribution in [0.25, 0.3) is 0 Å². The highest BCUT2D eigenvalue weighted by Gasteiger charge is 2.34. The van der Waals surface area contributed by atoms with E-state index in [1.54, 1.807) is 61.5 Å². The van der Waals surface area contributed by atoms with Crippen molar-refractivity contribution >= 4 is 54.0 Å². The number of nitrogens with one attached hydrogen (secondary N) is 3. The zero-order chi connectivity index (χ0) is 97.8. The van der Waals surface area contributed by atoms with Crippen molar-refractivity contribution in [2.75, 3.05) is 54.7 Å². The molecule has 31 heteroatoms. The van der Waals surface area contributed by atoms with Crippen molar-refractivity contribution in [1.29, 1.82) is 0 Å². The van der Waals surface area contributed by atoms with Crippen molar-refractivity contribution in [3.63, 3.8) is 0 Å². The second kappa shape index (κ2) is 60.2. The molecule has 0 bridgehead atoms. The van der Waals surface area contributed by atoms with Crippen LogP contribution in [0.4, 0.5) is 14.4 Å². The predicted octanol–water partition coefficient (Wildman–Crippen LogP) is 16.7. The van der Waals surface area contributed by atoms with Crippen molar-refractivity contribution in [2.45, 2.75) is 267 Å². The van der Waals surface area contributed by atoms with Crippen LogP contribution in [0.15, 0.2) is 163 Å². The van der Waals surface area contributed by atoms with Crippen molar-refractivity contribution in [2.24, 2.45) is 5.73 Å². The van der Waals surface area contributed by atoms with E-state index in [2.05, 4.69) is 71.9 Å². The molecule has 0 saturated heterocycles. The van der Waals surface area contributed by atoms with Crippen molar-refractivity contribution < 1.29 is 127 Å². The number of hydrogen-bond donors (Lipinski definition) is 12. The number of aliphatic hydroxyl groups is 3. The van der Waals surface area contributed by atoms with Gasteiger partial charge in [0.25, 0.3) is 0 Å². The lowest BCUT2D eigenvalue weighted by Gasteiger charge is -2.30. The molecule has 714 valence electrons. The highest BCUT2D eigenvalue weighted by molar-refractivity contribution is 5.82. The third-order valence-electron chi connectivity index (χ3n) is 17.3. The number of primary amides is 1. The van der Waals surface area contributed by atoms with Gasteiger partial charge in [0, 0.05) is 62.6 Å². The number of aliphatic hydroxyl groups excluding tert-OH is 3. The van der Waals surface area contributed by atoms with Gasteiger partial charge in [0.15, 0.2) is 6.10 Å². The number of carbonyl (C=O) groups excluding carboxylic acids is 9. The van der Waals surface area contributed by atoms with Gasteiger partial charge in [-0.05, 0) is 197 Å². The zero-order valence-corrected chi connectivity index (χ0v) is 80.3. The summed E-state index contributed by atoms with van der Waals surface area (Å²) in [4.78, 5) is 102. The molecule has 15 N–H and O–H groups in total. The molecule has 1 aliphatic rings. The number of esters is 4. The van der Waals surface area contributed by atoms with E-state index in [9.17, 15) is 58.5 Å². The Bertz CT molecular complexity index is 4250. The quantitative estimate of drug-likeness (QED) is 0.00708.